The Kier molecular flexibility index (Phi) is 8.28. The molecular formula is C26H25ClN4O3S. The minimum Gasteiger partial charge on any atom is -0.493 e. The molecule has 7 nitrogen and oxygen atoms in total. The van der Waals surface area contributed by atoms with Crippen molar-refractivity contribution < 1.29 is 14.3 Å². The van der Waals surface area contributed by atoms with E-state index in [9.17, 15) is 4.79 Å². The number of methoxy groups -OCH3 is 2. The summed E-state index contributed by atoms with van der Waals surface area (Å²) in [5, 5.41) is 12.9. The largest absolute Gasteiger partial charge is 0.493 e. The first-order valence-electron chi connectivity index (χ1n) is 11.0. The number of amides is 1. The third kappa shape index (κ3) is 5.96. The summed E-state index contributed by atoms with van der Waals surface area (Å²) in [7, 11) is 3.21. The van der Waals surface area contributed by atoms with Gasteiger partial charge in [-0.15, -0.1) is 10.2 Å². The highest BCUT2D eigenvalue weighted by atomic mass is 35.5. The number of rotatable bonds is 10. The lowest BCUT2D eigenvalue weighted by molar-refractivity contribution is -0.118. The molecule has 0 fully saturated rings. The highest BCUT2D eigenvalue weighted by molar-refractivity contribution is 7.99. The predicted molar refractivity (Wildman–Crippen MR) is 139 cm³/mol. The summed E-state index contributed by atoms with van der Waals surface area (Å²) in [6, 6.07) is 23.0. The lowest BCUT2D eigenvalue weighted by atomic mass is 10.1. The molecule has 0 bridgehead atoms. The van der Waals surface area contributed by atoms with Crippen LogP contribution in [0.15, 0.2) is 78.0 Å². The smallest absolute Gasteiger partial charge is 0.230 e. The van der Waals surface area contributed by atoms with E-state index >= 15 is 0 Å². The topological polar surface area (TPSA) is 78.3 Å². The molecule has 0 saturated carbocycles. The normalized spacial score (nSPS) is 10.7. The van der Waals surface area contributed by atoms with E-state index in [4.69, 9.17) is 21.1 Å². The first kappa shape index (κ1) is 24.6. The highest BCUT2D eigenvalue weighted by Gasteiger charge is 2.18. The molecule has 4 rings (SSSR count). The van der Waals surface area contributed by atoms with E-state index in [0.29, 0.717) is 40.5 Å². The fraction of sp³-hybridized carbons (Fsp3) is 0.192. The van der Waals surface area contributed by atoms with Gasteiger partial charge in [0.2, 0.25) is 5.91 Å². The van der Waals surface area contributed by atoms with Crippen LogP contribution in [0.2, 0.25) is 5.02 Å². The van der Waals surface area contributed by atoms with Crippen LogP contribution in [0.25, 0.3) is 17.1 Å². The molecule has 35 heavy (non-hydrogen) atoms. The Morgan fingerprint density at radius 1 is 0.971 bits per heavy atom. The second-order valence-corrected chi connectivity index (χ2v) is 8.88. The van der Waals surface area contributed by atoms with Crippen LogP contribution in [0.5, 0.6) is 11.5 Å². The van der Waals surface area contributed by atoms with Crippen LogP contribution in [0.1, 0.15) is 5.56 Å². The molecule has 4 aromatic rings. The quantitative estimate of drug-likeness (QED) is 0.302. The number of nitrogens with zero attached hydrogens (tertiary/aromatic N) is 3. The van der Waals surface area contributed by atoms with Gasteiger partial charge in [0.05, 0.1) is 25.0 Å². The van der Waals surface area contributed by atoms with Crippen LogP contribution >= 0.6 is 23.4 Å². The van der Waals surface area contributed by atoms with Gasteiger partial charge >= 0.3 is 0 Å². The van der Waals surface area contributed by atoms with Gasteiger partial charge in [0.15, 0.2) is 22.5 Å². The number of ether oxygens (including phenoxy) is 2. The number of nitrogens with one attached hydrogen (secondary N) is 1. The predicted octanol–water partition coefficient (Wildman–Crippen LogP) is 5.06. The van der Waals surface area contributed by atoms with Crippen molar-refractivity contribution in [3.63, 3.8) is 0 Å². The molecule has 1 aromatic heterocycles. The average Bonchev–Trinajstić information content (AvgIpc) is 3.31. The zero-order valence-electron chi connectivity index (χ0n) is 19.4. The number of carbonyl (C=O) groups excluding carboxylic acids is 1. The van der Waals surface area contributed by atoms with Gasteiger partial charge in [-0.05, 0) is 48.4 Å². The van der Waals surface area contributed by atoms with E-state index in [1.807, 2.05) is 77.4 Å². The van der Waals surface area contributed by atoms with Gasteiger partial charge in [0.1, 0.15) is 0 Å². The molecule has 3 aromatic carbocycles. The summed E-state index contributed by atoms with van der Waals surface area (Å²) >= 11 is 7.76. The first-order chi connectivity index (χ1) is 17.1. The second kappa shape index (κ2) is 11.8. The van der Waals surface area contributed by atoms with Gasteiger partial charge in [-0.2, -0.15) is 0 Å². The third-order valence-corrected chi connectivity index (χ3v) is 6.54. The Balaban J connectivity index is 1.42. The Morgan fingerprint density at radius 3 is 2.46 bits per heavy atom. The van der Waals surface area contributed by atoms with Crippen molar-refractivity contribution in [2.45, 2.75) is 11.6 Å². The van der Waals surface area contributed by atoms with Crippen LogP contribution < -0.4 is 14.8 Å². The number of para-hydroxylation sites is 1. The van der Waals surface area contributed by atoms with Gasteiger partial charge in [0, 0.05) is 17.8 Å². The number of benzene rings is 3. The summed E-state index contributed by atoms with van der Waals surface area (Å²) < 4.78 is 12.5. The average molecular weight is 509 g/mol. The molecule has 1 heterocycles. The number of carbonyl (C=O) groups is 1. The van der Waals surface area contributed by atoms with Crippen LogP contribution in [-0.4, -0.2) is 47.2 Å². The van der Waals surface area contributed by atoms with Crippen molar-refractivity contribution in [2.24, 2.45) is 0 Å². The fourth-order valence-electron chi connectivity index (χ4n) is 3.55. The van der Waals surface area contributed by atoms with Crippen LogP contribution in [-0.2, 0) is 11.2 Å². The standard InChI is InChI=1S/C26H25ClN4O3S/c1-33-22-13-12-18(16-23(22)34-2)14-15-28-24(32)17-35-26-30-29-25(20-10-6-7-11-21(20)27)31(26)19-8-4-3-5-9-19/h3-13,16H,14-15,17H2,1-2H3,(H,28,32). The second-order valence-electron chi connectivity index (χ2n) is 7.53. The van der Waals surface area contributed by atoms with Crippen molar-refractivity contribution in [1.29, 1.82) is 0 Å². The molecule has 0 unspecified atom stereocenters. The van der Waals surface area contributed by atoms with Crippen molar-refractivity contribution >= 4 is 29.3 Å². The Labute approximate surface area is 213 Å². The van der Waals surface area contributed by atoms with E-state index in [-0.39, 0.29) is 11.7 Å². The highest BCUT2D eigenvalue weighted by Crippen LogP contribution is 2.32. The molecule has 0 spiro atoms. The molecule has 0 atom stereocenters. The molecule has 0 aliphatic carbocycles. The van der Waals surface area contributed by atoms with E-state index < -0.39 is 0 Å². The van der Waals surface area contributed by atoms with Gasteiger partial charge in [0.25, 0.3) is 0 Å². The van der Waals surface area contributed by atoms with Gasteiger partial charge in [-0.25, -0.2) is 0 Å². The first-order valence-corrected chi connectivity index (χ1v) is 12.3. The number of halogens is 1. The van der Waals surface area contributed by atoms with Gasteiger partial charge in [-0.3, -0.25) is 9.36 Å². The maximum absolute atomic E-state index is 12.6. The minimum absolute atomic E-state index is 0.0858. The summed E-state index contributed by atoms with van der Waals surface area (Å²) in [6.45, 7) is 0.505. The summed E-state index contributed by atoms with van der Waals surface area (Å²) in [4.78, 5) is 12.6. The third-order valence-electron chi connectivity index (χ3n) is 5.28. The molecule has 1 amide bonds. The lowest BCUT2D eigenvalue weighted by Crippen LogP contribution is -2.27. The van der Waals surface area contributed by atoms with E-state index in [0.717, 1.165) is 16.8 Å². The maximum atomic E-state index is 12.6. The van der Waals surface area contributed by atoms with Gasteiger partial charge < -0.3 is 14.8 Å². The van der Waals surface area contributed by atoms with Crippen LogP contribution in [0.3, 0.4) is 0 Å². The Bertz CT molecular complexity index is 1300. The maximum Gasteiger partial charge on any atom is 0.230 e. The summed E-state index contributed by atoms with van der Waals surface area (Å²) in [5.74, 6) is 2.09. The minimum atomic E-state index is -0.0858. The van der Waals surface area contributed by atoms with E-state index in [2.05, 4.69) is 15.5 Å². The van der Waals surface area contributed by atoms with Crippen molar-refractivity contribution in [1.82, 2.24) is 20.1 Å². The summed E-state index contributed by atoms with van der Waals surface area (Å²) in [5.41, 5.74) is 2.71. The fourth-order valence-corrected chi connectivity index (χ4v) is 4.56. The lowest BCUT2D eigenvalue weighted by Gasteiger charge is -2.11. The molecule has 0 aliphatic rings. The number of aromatic nitrogens is 3. The van der Waals surface area contributed by atoms with Crippen LogP contribution in [0, 0.1) is 0 Å². The van der Waals surface area contributed by atoms with Crippen molar-refractivity contribution in [2.75, 3.05) is 26.5 Å². The number of hydrogen-bond donors (Lipinski definition) is 1. The number of hydrogen-bond acceptors (Lipinski definition) is 6. The summed E-state index contributed by atoms with van der Waals surface area (Å²) in [6.07, 6.45) is 0.674. The zero-order valence-corrected chi connectivity index (χ0v) is 21.0. The van der Waals surface area contributed by atoms with Crippen molar-refractivity contribution in [3.8, 4) is 28.6 Å². The molecule has 0 radical (unpaired) electrons. The van der Waals surface area contributed by atoms with E-state index in [1.54, 1.807) is 14.2 Å². The van der Waals surface area contributed by atoms with Crippen molar-refractivity contribution in [3.05, 3.63) is 83.4 Å². The molecule has 9 heteroatoms. The van der Waals surface area contributed by atoms with E-state index in [1.165, 1.54) is 11.8 Å². The van der Waals surface area contributed by atoms with Crippen LogP contribution in [0.4, 0.5) is 0 Å². The molecular weight excluding hydrogens is 484 g/mol. The number of thioether (sulfide) groups is 1. The molecule has 0 saturated heterocycles. The SMILES string of the molecule is COc1ccc(CCNC(=O)CSc2nnc(-c3ccccc3Cl)n2-c2ccccc2)cc1OC. The Hall–Kier alpha value is -3.49. The van der Waals surface area contributed by atoms with Gasteiger partial charge in [-0.1, -0.05) is 59.8 Å². The molecule has 1 N–H and O–H groups in total. The Morgan fingerprint density at radius 2 is 1.71 bits per heavy atom. The monoisotopic (exact) mass is 508 g/mol. The molecule has 180 valence electrons. The zero-order chi connectivity index (χ0) is 24.6. The molecule has 0 aliphatic heterocycles.